The minimum absolute atomic E-state index is 0.00878. The predicted molar refractivity (Wildman–Crippen MR) is 85.9 cm³/mol. The Labute approximate surface area is 141 Å². The molecule has 0 amide bonds. The van der Waals surface area contributed by atoms with Gasteiger partial charge in [0, 0.05) is 17.5 Å². The third kappa shape index (κ3) is 3.06. The molecule has 1 fully saturated rings. The number of nitrogens with zero attached hydrogens (tertiary/aromatic N) is 5. The van der Waals surface area contributed by atoms with Crippen LogP contribution >= 0.6 is 0 Å². The van der Waals surface area contributed by atoms with E-state index >= 15 is 0 Å². The minimum atomic E-state index is -1.79. The Morgan fingerprint density at radius 1 is 1.48 bits per heavy atom. The highest BCUT2D eigenvalue weighted by molar-refractivity contribution is 5.24. The van der Waals surface area contributed by atoms with Crippen molar-refractivity contribution >= 4 is 5.82 Å². The van der Waals surface area contributed by atoms with Gasteiger partial charge in [-0.1, -0.05) is 29.4 Å². The van der Waals surface area contributed by atoms with Crippen LogP contribution in [0.15, 0.2) is 46.4 Å². The van der Waals surface area contributed by atoms with Crippen LogP contribution in [0.25, 0.3) is 10.4 Å². The van der Waals surface area contributed by atoms with Gasteiger partial charge in [0.2, 0.25) is 0 Å². The summed E-state index contributed by atoms with van der Waals surface area (Å²) >= 11 is 0. The monoisotopic (exact) mass is 343 g/mol. The first kappa shape index (κ1) is 16.9. The Kier molecular flexibility index (Phi) is 4.43. The van der Waals surface area contributed by atoms with Crippen molar-refractivity contribution < 1.29 is 14.9 Å². The molecule has 0 aliphatic carbocycles. The number of rotatable bonds is 4. The van der Waals surface area contributed by atoms with E-state index in [0.29, 0.717) is 5.56 Å². The molecule has 0 unspecified atom stereocenters. The second-order valence-electron chi connectivity index (χ2n) is 5.58. The Bertz CT molecular complexity index is 866. The van der Waals surface area contributed by atoms with Gasteiger partial charge in [-0.2, -0.15) is 4.98 Å². The fourth-order valence-corrected chi connectivity index (χ4v) is 2.77. The third-order valence-electron chi connectivity index (χ3n) is 3.96. The maximum absolute atomic E-state index is 12.0. The number of nitrogens with two attached hydrogens (primary N) is 1. The highest BCUT2D eigenvalue weighted by Crippen LogP contribution is 2.40. The molecule has 1 aromatic heterocycles. The van der Waals surface area contributed by atoms with Gasteiger partial charge in [0.15, 0.2) is 12.0 Å². The molecule has 0 bridgehead atoms. The number of aliphatic hydroxyl groups is 2. The van der Waals surface area contributed by atoms with Gasteiger partial charge in [-0.3, -0.25) is 4.57 Å². The van der Waals surface area contributed by atoms with Gasteiger partial charge in [-0.15, -0.1) is 0 Å². The molecule has 1 aliphatic rings. The Morgan fingerprint density at radius 2 is 2.28 bits per heavy atom. The molecule has 1 aromatic carbocycles. The van der Waals surface area contributed by atoms with Gasteiger partial charge >= 0.3 is 5.69 Å². The number of benzene rings is 1. The molecular formula is C15H15N6O4. The molecule has 1 saturated heterocycles. The Hall–Kier alpha value is -2.91. The first-order valence-electron chi connectivity index (χ1n) is 7.37. The zero-order chi connectivity index (χ0) is 18.0. The molecule has 4 N–H and O–H groups in total. The number of hydrogen-bond acceptors (Lipinski definition) is 7. The summed E-state index contributed by atoms with van der Waals surface area (Å²) in [6.45, 7) is 0. The van der Waals surface area contributed by atoms with Crippen LogP contribution < -0.4 is 11.4 Å². The number of ether oxygens (including phenoxy) is 1. The Morgan fingerprint density at radius 3 is 2.92 bits per heavy atom. The summed E-state index contributed by atoms with van der Waals surface area (Å²) in [6, 6.07) is 11.2. The predicted octanol–water partition coefficient (Wildman–Crippen LogP) is 0.126. The molecule has 2 aromatic rings. The van der Waals surface area contributed by atoms with Gasteiger partial charge < -0.3 is 20.7 Å². The van der Waals surface area contributed by atoms with Crippen molar-refractivity contribution in [1.29, 1.82) is 0 Å². The lowest BCUT2D eigenvalue weighted by Crippen LogP contribution is -2.43. The van der Waals surface area contributed by atoms with E-state index in [1.165, 1.54) is 12.3 Å². The number of anilines is 1. The standard InChI is InChI=1S/C15H15N6O4/c16-10-6-7-21(14(24)18-10)13-11(22)12(23)15(25-13,19-20-17)8-9-4-2-1-3-5-9/h1-4,6-7,11-13,22-23H,8H2,(H2,16,18,24)/t11-,12+,13-,15-/m1/s1. The molecule has 129 valence electrons. The average Bonchev–Trinajstić information content (AvgIpc) is 2.82. The number of azide groups is 1. The van der Waals surface area contributed by atoms with Gasteiger partial charge in [0.05, 0.1) is 0 Å². The van der Waals surface area contributed by atoms with Crippen molar-refractivity contribution in [2.24, 2.45) is 5.11 Å². The molecule has 0 saturated carbocycles. The number of nitrogen functional groups attached to an aromatic ring is 1. The van der Waals surface area contributed by atoms with Crippen LogP contribution in [0.5, 0.6) is 0 Å². The summed E-state index contributed by atoms with van der Waals surface area (Å²) in [5.74, 6) is 0.00878. The van der Waals surface area contributed by atoms with Crippen LogP contribution in [0.1, 0.15) is 11.8 Å². The van der Waals surface area contributed by atoms with Crippen LogP contribution in [-0.2, 0) is 11.2 Å². The largest absolute Gasteiger partial charge is 0.387 e. The molecule has 1 aliphatic heterocycles. The lowest BCUT2D eigenvalue weighted by molar-refractivity contribution is -0.101. The maximum atomic E-state index is 12.0. The van der Waals surface area contributed by atoms with Crippen LogP contribution in [0.4, 0.5) is 5.82 Å². The number of aromatic nitrogens is 2. The fourth-order valence-electron chi connectivity index (χ4n) is 2.77. The molecule has 3 rings (SSSR count). The Balaban J connectivity index is 2.00. The average molecular weight is 343 g/mol. The molecular weight excluding hydrogens is 328 g/mol. The molecule has 1 radical (unpaired) electrons. The van der Waals surface area contributed by atoms with E-state index in [1.807, 2.05) is 0 Å². The van der Waals surface area contributed by atoms with Crippen LogP contribution in [-0.4, -0.2) is 37.7 Å². The highest BCUT2D eigenvalue weighted by Gasteiger charge is 2.55. The van der Waals surface area contributed by atoms with E-state index in [-0.39, 0.29) is 12.2 Å². The van der Waals surface area contributed by atoms with Crippen molar-refractivity contribution in [3.8, 4) is 0 Å². The third-order valence-corrected chi connectivity index (χ3v) is 3.96. The first-order valence-corrected chi connectivity index (χ1v) is 7.37. The lowest BCUT2D eigenvalue weighted by atomic mass is 9.96. The zero-order valence-corrected chi connectivity index (χ0v) is 12.9. The van der Waals surface area contributed by atoms with Gasteiger partial charge in [-0.25, -0.2) is 4.79 Å². The first-order chi connectivity index (χ1) is 12.0. The zero-order valence-electron chi connectivity index (χ0n) is 12.9. The molecule has 4 atom stereocenters. The quantitative estimate of drug-likeness (QED) is 0.406. The summed E-state index contributed by atoms with van der Waals surface area (Å²) in [7, 11) is 0. The summed E-state index contributed by atoms with van der Waals surface area (Å²) in [5, 5.41) is 24.4. The van der Waals surface area contributed by atoms with Crippen LogP contribution in [0.3, 0.4) is 0 Å². The summed E-state index contributed by atoms with van der Waals surface area (Å²) < 4.78 is 6.65. The van der Waals surface area contributed by atoms with E-state index in [0.717, 1.165) is 4.57 Å². The fraction of sp³-hybridized carbons (Fsp3) is 0.333. The molecule has 0 spiro atoms. The van der Waals surface area contributed by atoms with E-state index in [2.05, 4.69) is 21.1 Å². The van der Waals surface area contributed by atoms with E-state index in [4.69, 9.17) is 16.0 Å². The van der Waals surface area contributed by atoms with Crippen molar-refractivity contribution in [1.82, 2.24) is 9.55 Å². The molecule has 10 nitrogen and oxygen atoms in total. The van der Waals surface area contributed by atoms with Crippen LogP contribution in [0.2, 0.25) is 0 Å². The van der Waals surface area contributed by atoms with Crippen LogP contribution in [0, 0.1) is 6.07 Å². The topological polar surface area (TPSA) is 159 Å². The van der Waals surface area contributed by atoms with Gasteiger partial charge in [-0.05, 0) is 23.2 Å². The molecule has 2 heterocycles. The number of aliphatic hydroxyl groups excluding tert-OH is 2. The van der Waals surface area contributed by atoms with Gasteiger partial charge in [0.1, 0.15) is 18.0 Å². The molecule has 10 heteroatoms. The smallest absolute Gasteiger partial charge is 0.351 e. The van der Waals surface area contributed by atoms with E-state index in [1.54, 1.807) is 24.3 Å². The summed E-state index contributed by atoms with van der Waals surface area (Å²) in [5.41, 5.74) is 12.4. The maximum Gasteiger partial charge on any atom is 0.351 e. The second kappa shape index (κ2) is 6.54. The van der Waals surface area contributed by atoms with Crippen molar-refractivity contribution in [3.05, 3.63) is 69.1 Å². The highest BCUT2D eigenvalue weighted by atomic mass is 16.6. The summed E-state index contributed by atoms with van der Waals surface area (Å²) in [6.07, 6.45) is -3.12. The normalized spacial score (nSPS) is 28.5. The van der Waals surface area contributed by atoms with Gasteiger partial charge in [0.25, 0.3) is 0 Å². The van der Waals surface area contributed by atoms with Crippen molar-refractivity contribution in [2.75, 3.05) is 5.73 Å². The molecule has 25 heavy (non-hydrogen) atoms. The second-order valence-corrected chi connectivity index (χ2v) is 5.58. The summed E-state index contributed by atoms with van der Waals surface area (Å²) in [4.78, 5) is 18.3. The van der Waals surface area contributed by atoms with E-state index in [9.17, 15) is 15.0 Å². The van der Waals surface area contributed by atoms with Crippen molar-refractivity contribution in [2.45, 2.75) is 30.6 Å². The van der Waals surface area contributed by atoms with E-state index < -0.39 is 29.9 Å². The minimum Gasteiger partial charge on any atom is -0.387 e. The lowest BCUT2D eigenvalue weighted by Gasteiger charge is -2.26. The number of hydrogen-bond donors (Lipinski definition) is 3. The van der Waals surface area contributed by atoms with Crippen molar-refractivity contribution in [3.63, 3.8) is 0 Å². The SMILES string of the molecule is [N-]=[N+]=N[C@]1(Cc2[c]cccc2)O[C@@H](n2ccc(N)nc2=O)[C@H](O)[C@@H]1O.